The van der Waals surface area contributed by atoms with Crippen LogP contribution in [-0.4, -0.2) is 22.8 Å². The number of halogens is 1. The van der Waals surface area contributed by atoms with Gasteiger partial charge in [0.15, 0.2) is 11.1 Å². The van der Waals surface area contributed by atoms with Gasteiger partial charge in [-0.05, 0) is 24.6 Å². The number of aliphatic imine (C=N–C) groups is 1. The second-order valence-corrected chi connectivity index (χ2v) is 5.04. The lowest BCUT2D eigenvalue weighted by Crippen LogP contribution is -2.24. The molecule has 0 saturated carbocycles. The first-order valence-corrected chi connectivity index (χ1v) is 6.62. The van der Waals surface area contributed by atoms with Gasteiger partial charge in [-0.15, -0.1) is 0 Å². The monoisotopic (exact) mass is 299 g/mol. The number of amides is 1. The van der Waals surface area contributed by atoms with Crippen LogP contribution in [0.1, 0.15) is 5.56 Å². The van der Waals surface area contributed by atoms with E-state index in [2.05, 4.69) is 10.3 Å². The van der Waals surface area contributed by atoms with Crippen molar-refractivity contribution in [1.29, 1.82) is 5.41 Å². The predicted octanol–water partition coefficient (Wildman–Crippen LogP) is 1.53. The number of carbonyl (C=O) groups is 1. The molecule has 8 heteroatoms. The van der Waals surface area contributed by atoms with Crippen molar-refractivity contribution in [2.75, 3.05) is 11.1 Å². The van der Waals surface area contributed by atoms with Crippen molar-refractivity contribution in [3.63, 3.8) is 0 Å². The second kappa shape index (κ2) is 7.01. The Labute approximate surface area is 120 Å². The van der Waals surface area contributed by atoms with Crippen molar-refractivity contribution in [1.82, 2.24) is 0 Å². The third-order valence-corrected chi connectivity index (χ3v) is 3.05. The molecule has 0 aliphatic heterocycles. The number of guanidine groups is 1. The zero-order valence-electron chi connectivity index (χ0n) is 10.2. The number of amidine groups is 1. The molecule has 19 heavy (non-hydrogen) atoms. The first-order chi connectivity index (χ1) is 8.88. The Balaban J connectivity index is 2.54. The molecule has 1 aromatic rings. The highest BCUT2D eigenvalue weighted by atomic mass is 35.5. The van der Waals surface area contributed by atoms with Gasteiger partial charge in [-0.1, -0.05) is 29.4 Å². The summed E-state index contributed by atoms with van der Waals surface area (Å²) in [6.45, 7) is 1.86. The summed E-state index contributed by atoms with van der Waals surface area (Å²) in [7, 11) is 0. The number of nitrogens with two attached hydrogens (primary N) is 2. The molecule has 0 saturated heterocycles. The highest BCUT2D eigenvalue weighted by molar-refractivity contribution is 8.14. The quantitative estimate of drug-likeness (QED) is 0.500. The van der Waals surface area contributed by atoms with Gasteiger partial charge in [0.25, 0.3) is 0 Å². The molecule has 6 N–H and O–H groups in total. The normalized spacial score (nSPS) is 9.79. The van der Waals surface area contributed by atoms with Crippen molar-refractivity contribution in [2.24, 2.45) is 16.5 Å². The summed E-state index contributed by atoms with van der Waals surface area (Å²) >= 11 is 6.78. The molecule has 1 aromatic carbocycles. The van der Waals surface area contributed by atoms with E-state index in [-0.39, 0.29) is 22.8 Å². The minimum atomic E-state index is -0.258. The number of nitrogens with zero attached hydrogens (tertiary/aromatic N) is 1. The number of thioether (sulfide) groups is 1. The van der Waals surface area contributed by atoms with E-state index in [1.807, 2.05) is 13.0 Å². The van der Waals surface area contributed by atoms with Crippen LogP contribution in [0.25, 0.3) is 0 Å². The fourth-order valence-corrected chi connectivity index (χ4v) is 1.88. The van der Waals surface area contributed by atoms with E-state index in [4.69, 9.17) is 28.5 Å². The van der Waals surface area contributed by atoms with Gasteiger partial charge in [-0.2, -0.15) is 4.99 Å². The summed E-state index contributed by atoms with van der Waals surface area (Å²) in [6.07, 6.45) is 0. The van der Waals surface area contributed by atoms with Crippen LogP contribution in [-0.2, 0) is 4.79 Å². The van der Waals surface area contributed by atoms with E-state index >= 15 is 0 Å². The van der Waals surface area contributed by atoms with Gasteiger partial charge in [0, 0.05) is 10.7 Å². The number of anilines is 1. The van der Waals surface area contributed by atoms with E-state index in [1.165, 1.54) is 0 Å². The van der Waals surface area contributed by atoms with Gasteiger partial charge in [-0.25, -0.2) is 0 Å². The Morgan fingerprint density at radius 2 is 2.21 bits per heavy atom. The van der Waals surface area contributed by atoms with Crippen LogP contribution in [0, 0.1) is 12.3 Å². The molecular weight excluding hydrogens is 286 g/mol. The van der Waals surface area contributed by atoms with E-state index in [0.29, 0.717) is 10.7 Å². The van der Waals surface area contributed by atoms with Crippen LogP contribution in [0.2, 0.25) is 5.02 Å². The summed E-state index contributed by atoms with van der Waals surface area (Å²) in [5.74, 6) is -0.420. The Morgan fingerprint density at radius 3 is 2.84 bits per heavy atom. The number of rotatable bonds is 3. The molecule has 0 bridgehead atoms. The van der Waals surface area contributed by atoms with Gasteiger partial charge in [0.2, 0.25) is 5.91 Å². The van der Waals surface area contributed by atoms with E-state index in [0.717, 1.165) is 17.3 Å². The molecule has 0 radical (unpaired) electrons. The molecule has 0 atom stereocenters. The Bertz CT molecular complexity index is 528. The molecule has 0 unspecified atom stereocenters. The third-order valence-electron chi connectivity index (χ3n) is 2.04. The predicted molar refractivity (Wildman–Crippen MR) is 80.8 cm³/mol. The zero-order valence-corrected chi connectivity index (χ0v) is 11.8. The van der Waals surface area contributed by atoms with Crippen LogP contribution >= 0.6 is 23.4 Å². The molecule has 0 aliphatic carbocycles. The van der Waals surface area contributed by atoms with Crippen molar-refractivity contribution in [3.05, 3.63) is 28.8 Å². The molecule has 0 fully saturated rings. The zero-order chi connectivity index (χ0) is 14.4. The average molecular weight is 300 g/mol. The minimum absolute atomic E-state index is 0.0432. The fraction of sp³-hybridized carbons (Fsp3) is 0.182. The van der Waals surface area contributed by atoms with E-state index < -0.39 is 0 Å². The molecule has 0 heterocycles. The second-order valence-electron chi connectivity index (χ2n) is 3.64. The topological polar surface area (TPSA) is 117 Å². The van der Waals surface area contributed by atoms with Crippen LogP contribution < -0.4 is 16.8 Å². The number of aryl methyl sites for hydroxylation is 1. The van der Waals surface area contributed by atoms with Crippen molar-refractivity contribution < 1.29 is 4.79 Å². The average Bonchev–Trinajstić information content (AvgIpc) is 2.30. The third kappa shape index (κ3) is 5.62. The first-order valence-electron chi connectivity index (χ1n) is 5.25. The van der Waals surface area contributed by atoms with Gasteiger partial charge < -0.3 is 16.8 Å². The van der Waals surface area contributed by atoms with E-state index in [9.17, 15) is 4.79 Å². The van der Waals surface area contributed by atoms with Crippen LogP contribution in [0.4, 0.5) is 5.69 Å². The minimum Gasteiger partial charge on any atom is -0.370 e. The van der Waals surface area contributed by atoms with Crippen molar-refractivity contribution in [2.45, 2.75) is 6.92 Å². The standard InChI is InChI=1S/C11H14ClN5OS/c1-6-2-3-7(12)4-8(6)16-9(18)5-19-11(15)17-10(13)14/h2-4H,5H2,1H3,(H,16,18)(H5,13,14,15,17). The number of hydrogen-bond donors (Lipinski definition) is 4. The summed E-state index contributed by atoms with van der Waals surface area (Å²) in [5, 5.41) is 10.5. The van der Waals surface area contributed by atoms with Crippen LogP contribution in [0.5, 0.6) is 0 Å². The van der Waals surface area contributed by atoms with E-state index in [1.54, 1.807) is 12.1 Å². The summed E-state index contributed by atoms with van der Waals surface area (Å²) in [4.78, 5) is 15.2. The lowest BCUT2D eigenvalue weighted by molar-refractivity contribution is -0.113. The Kier molecular flexibility index (Phi) is 5.65. The molecule has 0 aromatic heterocycles. The SMILES string of the molecule is Cc1ccc(Cl)cc1NC(=O)CSC(=N)N=C(N)N. The molecular formula is C11H14ClN5OS. The van der Waals surface area contributed by atoms with Crippen LogP contribution in [0.15, 0.2) is 23.2 Å². The Morgan fingerprint density at radius 1 is 1.53 bits per heavy atom. The molecule has 1 amide bonds. The fourth-order valence-electron chi connectivity index (χ4n) is 1.20. The molecule has 102 valence electrons. The smallest absolute Gasteiger partial charge is 0.234 e. The van der Waals surface area contributed by atoms with Gasteiger partial charge in [-0.3, -0.25) is 10.2 Å². The molecule has 6 nitrogen and oxygen atoms in total. The maximum atomic E-state index is 11.7. The van der Waals surface area contributed by atoms with Crippen molar-refractivity contribution in [3.8, 4) is 0 Å². The number of nitrogens with one attached hydrogen (secondary N) is 2. The molecule has 0 aliphatic rings. The maximum Gasteiger partial charge on any atom is 0.234 e. The number of hydrogen-bond acceptors (Lipinski definition) is 3. The number of benzene rings is 1. The molecule has 0 spiro atoms. The summed E-state index contributed by atoms with van der Waals surface area (Å²) in [5.41, 5.74) is 11.8. The van der Waals surface area contributed by atoms with Gasteiger partial charge in [0.05, 0.1) is 5.75 Å². The maximum absolute atomic E-state index is 11.7. The number of carbonyl (C=O) groups excluding carboxylic acids is 1. The van der Waals surface area contributed by atoms with Crippen molar-refractivity contribution >= 4 is 46.1 Å². The van der Waals surface area contributed by atoms with Gasteiger partial charge in [0.1, 0.15) is 0 Å². The first kappa shape index (κ1) is 15.3. The molecule has 1 rings (SSSR count). The van der Waals surface area contributed by atoms with Gasteiger partial charge >= 0.3 is 0 Å². The Hall–Kier alpha value is -1.73. The lowest BCUT2D eigenvalue weighted by Gasteiger charge is -2.08. The van der Waals surface area contributed by atoms with Crippen LogP contribution in [0.3, 0.4) is 0 Å². The highest BCUT2D eigenvalue weighted by Gasteiger charge is 2.07. The summed E-state index contributed by atoms with van der Waals surface area (Å²) in [6, 6.07) is 5.23. The largest absolute Gasteiger partial charge is 0.370 e. The lowest BCUT2D eigenvalue weighted by atomic mass is 10.2. The highest BCUT2D eigenvalue weighted by Crippen LogP contribution is 2.20. The summed E-state index contributed by atoms with van der Waals surface area (Å²) < 4.78 is 0.